The Morgan fingerprint density at radius 2 is 1.93 bits per heavy atom. The van der Waals surface area contributed by atoms with Crippen molar-refractivity contribution in [1.82, 2.24) is 0 Å². The fraction of sp³-hybridized carbons (Fsp3) is 0.462. The Hall–Kier alpha value is -1.49. The van der Waals surface area contributed by atoms with Gasteiger partial charge in [-0.2, -0.15) is 5.26 Å². The lowest BCUT2D eigenvalue weighted by molar-refractivity contribution is 0.405. The van der Waals surface area contributed by atoms with Crippen molar-refractivity contribution in [2.24, 2.45) is 5.41 Å². The van der Waals surface area contributed by atoms with E-state index in [0.29, 0.717) is 0 Å². The molecule has 1 saturated carbocycles. The molecule has 0 saturated heterocycles. The third-order valence-corrected chi connectivity index (χ3v) is 3.60. The lowest BCUT2D eigenvalue weighted by Crippen LogP contribution is -2.41. The molecule has 15 heavy (non-hydrogen) atoms. The molecule has 2 nitrogen and oxygen atoms in total. The molecule has 0 amide bonds. The number of nitrogens with zero attached hydrogens (tertiary/aromatic N) is 1. The molecular weight excluding hydrogens is 184 g/mol. The molecule has 1 aliphatic carbocycles. The van der Waals surface area contributed by atoms with Crippen LogP contribution in [-0.2, 0) is 0 Å². The smallest absolute Gasteiger partial charge is 0.127 e. The van der Waals surface area contributed by atoms with Gasteiger partial charge in [0.2, 0.25) is 0 Å². The summed E-state index contributed by atoms with van der Waals surface area (Å²) in [5, 5.41) is 12.7. The summed E-state index contributed by atoms with van der Waals surface area (Å²) in [6.45, 7) is 4.17. The largest absolute Gasteiger partial charge is 0.367 e. The zero-order valence-corrected chi connectivity index (χ0v) is 9.25. The molecule has 1 fully saturated rings. The number of hydrogen-bond acceptors (Lipinski definition) is 2. The average Bonchev–Trinajstić information content (AvgIpc) is 2.99. The summed E-state index contributed by atoms with van der Waals surface area (Å²) in [4.78, 5) is 0. The van der Waals surface area contributed by atoms with Gasteiger partial charge in [-0.1, -0.05) is 25.1 Å². The Morgan fingerprint density at radius 3 is 2.40 bits per heavy atom. The van der Waals surface area contributed by atoms with Gasteiger partial charge in [0.05, 0.1) is 6.07 Å². The number of nitriles is 1. The van der Waals surface area contributed by atoms with Crippen LogP contribution in [0.2, 0.25) is 0 Å². The van der Waals surface area contributed by atoms with Crippen molar-refractivity contribution in [1.29, 1.82) is 5.26 Å². The van der Waals surface area contributed by atoms with E-state index in [1.165, 1.54) is 0 Å². The van der Waals surface area contributed by atoms with Crippen LogP contribution in [0.4, 0.5) is 5.69 Å². The van der Waals surface area contributed by atoms with Gasteiger partial charge in [-0.25, -0.2) is 0 Å². The number of hydrogen-bond donors (Lipinski definition) is 1. The third-order valence-electron chi connectivity index (χ3n) is 3.60. The maximum Gasteiger partial charge on any atom is 0.127 e. The van der Waals surface area contributed by atoms with Gasteiger partial charge < -0.3 is 5.32 Å². The molecule has 0 bridgehead atoms. The molecule has 2 heteroatoms. The monoisotopic (exact) mass is 200 g/mol. The van der Waals surface area contributed by atoms with Gasteiger partial charge in [0.25, 0.3) is 0 Å². The Labute approximate surface area is 90.9 Å². The van der Waals surface area contributed by atoms with E-state index in [0.717, 1.165) is 18.5 Å². The van der Waals surface area contributed by atoms with Crippen LogP contribution in [0.15, 0.2) is 30.3 Å². The van der Waals surface area contributed by atoms with Gasteiger partial charge in [-0.05, 0) is 31.9 Å². The second kappa shape index (κ2) is 3.27. The molecule has 1 unspecified atom stereocenters. The van der Waals surface area contributed by atoms with Gasteiger partial charge in [0.15, 0.2) is 0 Å². The summed E-state index contributed by atoms with van der Waals surface area (Å²) < 4.78 is 0. The minimum absolute atomic E-state index is 0.136. The number of para-hydroxylation sites is 1. The van der Waals surface area contributed by atoms with Gasteiger partial charge in [0, 0.05) is 11.1 Å². The Kier molecular flexibility index (Phi) is 2.19. The molecule has 1 atom stereocenters. The van der Waals surface area contributed by atoms with E-state index in [1.54, 1.807) is 0 Å². The van der Waals surface area contributed by atoms with Crippen LogP contribution in [0.3, 0.4) is 0 Å². The lowest BCUT2D eigenvalue weighted by Gasteiger charge is -2.31. The van der Waals surface area contributed by atoms with E-state index in [2.05, 4.69) is 18.3 Å². The van der Waals surface area contributed by atoms with E-state index >= 15 is 0 Å². The molecule has 1 aromatic carbocycles. The number of benzene rings is 1. The van der Waals surface area contributed by atoms with Crippen LogP contribution in [0.25, 0.3) is 0 Å². The van der Waals surface area contributed by atoms with Crippen LogP contribution in [0.1, 0.15) is 26.7 Å². The minimum Gasteiger partial charge on any atom is -0.367 e. The number of rotatable bonds is 3. The molecule has 2 rings (SSSR count). The van der Waals surface area contributed by atoms with Crippen molar-refractivity contribution in [2.45, 2.75) is 32.2 Å². The Bertz CT molecular complexity index is 387. The summed E-state index contributed by atoms with van der Waals surface area (Å²) in [6, 6.07) is 12.4. The number of anilines is 1. The first-order chi connectivity index (χ1) is 7.10. The van der Waals surface area contributed by atoms with Crippen molar-refractivity contribution in [3.8, 4) is 6.07 Å². The quantitative estimate of drug-likeness (QED) is 0.813. The van der Waals surface area contributed by atoms with Gasteiger partial charge in [-0.3, -0.25) is 0 Å². The normalized spacial score (nSPS) is 21.1. The summed E-state index contributed by atoms with van der Waals surface area (Å²) in [6.07, 6.45) is 2.27. The fourth-order valence-corrected chi connectivity index (χ4v) is 1.81. The van der Waals surface area contributed by atoms with E-state index in [9.17, 15) is 5.26 Å². The van der Waals surface area contributed by atoms with Crippen LogP contribution < -0.4 is 5.32 Å². The molecule has 0 heterocycles. The van der Waals surface area contributed by atoms with Crippen molar-refractivity contribution in [3.05, 3.63) is 30.3 Å². The van der Waals surface area contributed by atoms with Crippen LogP contribution in [0.5, 0.6) is 0 Å². The predicted octanol–water partition coefficient (Wildman–Crippen LogP) is 3.18. The highest BCUT2D eigenvalue weighted by Crippen LogP contribution is 2.54. The Morgan fingerprint density at radius 1 is 1.33 bits per heavy atom. The summed E-state index contributed by atoms with van der Waals surface area (Å²) in [5.74, 6) is 0. The van der Waals surface area contributed by atoms with Crippen molar-refractivity contribution in [2.75, 3.05) is 5.32 Å². The highest BCUT2D eigenvalue weighted by Gasteiger charge is 2.53. The van der Waals surface area contributed by atoms with Crippen molar-refractivity contribution in [3.63, 3.8) is 0 Å². The second-order valence-corrected chi connectivity index (χ2v) is 4.79. The SMILES string of the molecule is CC1(C(C)(C#N)Nc2ccccc2)CC1. The molecule has 78 valence electrons. The molecule has 1 N–H and O–H groups in total. The minimum atomic E-state index is -0.450. The maximum absolute atomic E-state index is 9.31. The van der Waals surface area contributed by atoms with Crippen LogP contribution in [0, 0.1) is 16.7 Å². The fourth-order valence-electron chi connectivity index (χ4n) is 1.81. The molecular formula is C13H16N2. The first-order valence-corrected chi connectivity index (χ1v) is 5.34. The highest BCUT2D eigenvalue weighted by molar-refractivity contribution is 5.49. The van der Waals surface area contributed by atoms with Gasteiger partial charge in [-0.15, -0.1) is 0 Å². The molecule has 0 aromatic heterocycles. The predicted molar refractivity (Wildman–Crippen MR) is 61.4 cm³/mol. The summed E-state index contributed by atoms with van der Waals surface area (Å²) >= 11 is 0. The summed E-state index contributed by atoms with van der Waals surface area (Å²) in [7, 11) is 0. The molecule has 0 radical (unpaired) electrons. The van der Waals surface area contributed by atoms with E-state index in [-0.39, 0.29) is 5.41 Å². The van der Waals surface area contributed by atoms with E-state index in [4.69, 9.17) is 0 Å². The highest BCUT2D eigenvalue weighted by atomic mass is 15.0. The van der Waals surface area contributed by atoms with E-state index < -0.39 is 5.54 Å². The van der Waals surface area contributed by atoms with E-state index in [1.807, 2.05) is 37.3 Å². The summed E-state index contributed by atoms with van der Waals surface area (Å²) in [5.41, 5.74) is 0.709. The topological polar surface area (TPSA) is 35.8 Å². The average molecular weight is 200 g/mol. The first-order valence-electron chi connectivity index (χ1n) is 5.34. The maximum atomic E-state index is 9.31. The number of nitrogens with one attached hydrogen (secondary N) is 1. The zero-order chi connectivity index (χ0) is 10.9. The second-order valence-electron chi connectivity index (χ2n) is 4.79. The molecule has 1 aliphatic rings. The Balaban J connectivity index is 2.20. The molecule has 0 spiro atoms. The van der Waals surface area contributed by atoms with Gasteiger partial charge in [0.1, 0.15) is 5.54 Å². The standard InChI is InChI=1S/C13H16N2/c1-12(8-9-12)13(2,10-14)15-11-6-4-3-5-7-11/h3-7,15H,8-9H2,1-2H3. The van der Waals surface area contributed by atoms with Crippen molar-refractivity contribution < 1.29 is 0 Å². The van der Waals surface area contributed by atoms with Crippen LogP contribution >= 0.6 is 0 Å². The molecule has 1 aromatic rings. The third kappa shape index (κ3) is 1.70. The zero-order valence-electron chi connectivity index (χ0n) is 9.25. The van der Waals surface area contributed by atoms with Gasteiger partial charge >= 0.3 is 0 Å². The lowest BCUT2D eigenvalue weighted by atomic mass is 9.85. The molecule has 0 aliphatic heterocycles. The first kappa shape index (κ1) is 10.0. The van der Waals surface area contributed by atoms with Crippen LogP contribution in [-0.4, -0.2) is 5.54 Å². The van der Waals surface area contributed by atoms with Crippen molar-refractivity contribution >= 4 is 5.69 Å².